The van der Waals surface area contributed by atoms with Crippen LogP contribution >= 0.6 is 23.2 Å². The molecule has 34 heavy (non-hydrogen) atoms. The lowest BCUT2D eigenvalue weighted by Crippen LogP contribution is -2.41. The Kier molecular flexibility index (Phi) is 6.23. The number of halogens is 2. The Morgan fingerprint density at radius 1 is 1.15 bits per heavy atom. The Balaban J connectivity index is 1.33. The van der Waals surface area contributed by atoms with Crippen molar-refractivity contribution in [2.45, 2.75) is 45.3 Å². The van der Waals surface area contributed by atoms with Gasteiger partial charge in [0.15, 0.2) is 5.82 Å². The number of furan rings is 1. The van der Waals surface area contributed by atoms with Crippen LogP contribution in [0.2, 0.25) is 10.0 Å². The molecule has 1 aliphatic heterocycles. The molecular formula is C25H25Cl2N5O2. The molecule has 0 radical (unpaired) electrons. The number of urea groups is 1. The Labute approximate surface area is 207 Å². The fourth-order valence-electron chi connectivity index (χ4n) is 4.48. The van der Waals surface area contributed by atoms with Crippen LogP contribution in [0.1, 0.15) is 54.8 Å². The molecule has 0 spiro atoms. The lowest BCUT2D eigenvalue weighted by Gasteiger charge is -2.26. The second kappa shape index (κ2) is 9.31. The topological polar surface area (TPSA) is 76.2 Å². The highest BCUT2D eigenvalue weighted by Gasteiger charge is 2.34. The van der Waals surface area contributed by atoms with Gasteiger partial charge in [-0.1, -0.05) is 35.3 Å². The van der Waals surface area contributed by atoms with Gasteiger partial charge in [0.25, 0.3) is 0 Å². The van der Waals surface area contributed by atoms with Crippen LogP contribution in [0.25, 0.3) is 11.0 Å². The number of rotatable bonds is 5. The van der Waals surface area contributed by atoms with Crippen molar-refractivity contribution in [2.24, 2.45) is 0 Å². The van der Waals surface area contributed by atoms with Crippen LogP contribution in [-0.4, -0.2) is 32.2 Å². The average Bonchev–Trinajstić information content (AvgIpc) is 3.54. The molecule has 1 saturated heterocycles. The number of hydrogen-bond acceptors (Lipinski definition) is 4. The minimum Gasteiger partial charge on any atom is -0.459 e. The normalized spacial score (nSPS) is 16.8. The maximum atomic E-state index is 13.3. The van der Waals surface area contributed by atoms with Gasteiger partial charge in [0, 0.05) is 22.0 Å². The first-order valence-corrected chi connectivity index (χ1v) is 12.0. The highest BCUT2D eigenvalue weighted by Crippen LogP contribution is 2.33. The number of hydrogen-bond donors (Lipinski definition) is 1. The highest BCUT2D eigenvalue weighted by molar-refractivity contribution is 6.31. The minimum atomic E-state index is -0.298. The van der Waals surface area contributed by atoms with Gasteiger partial charge in [-0.05, 0) is 68.7 Å². The van der Waals surface area contributed by atoms with Gasteiger partial charge in [0.05, 0.1) is 18.6 Å². The summed E-state index contributed by atoms with van der Waals surface area (Å²) in [5.74, 6) is 2.29. The number of likely N-dealkylation sites (tertiary alicyclic amines) is 1. The molecule has 2 amide bonds. The molecule has 1 aliphatic rings. The molecular weight excluding hydrogens is 473 g/mol. The van der Waals surface area contributed by atoms with Crippen molar-refractivity contribution in [3.8, 4) is 0 Å². The fourth-order valence-corrected chi connectivity index (χ4v) is 4.78. The smallest absolute Gasteiger partial charge is 0.318 e. The largest absolute Gasteiger partial charge is 0.459 e. The molecule has 0 aliphatic carbocycles. The van der Waals surface area contributed by atoms with E-state index in [4.69, 9.17) is 27.6 Å². The van der Waals surface area contributed by atoms with Crippen molar-refractivity contribution < 1.29 is 9.21 Å². The van der Waals surface area contributed by atoms with E-state index >= 15 is 0 Å². The van der Waals surface area contributed by atoms with E-state index in [1.807, 2.05) is 61.2 Å². The summed E-state index contributed by atoms with van der Waals surface area (Å²) in [7, 11) is 0. The van der Waals surface area contributed by atoms with Crippen LogP contribution in [0.4, 0.5) is 4.79 Å². The fraction of sp³-hybridized carbons (Fsp3) is 0.320. The number of aryl methyl sites for hydroxylation is 1. The lowest BCUT2D eigenvalue weighted by molar-refractivity contribution is 0.185. The van der Waals surface area contributed by atoms with E-state index in [0.29, 0.717) is 28.9 Å². The van der Waals surface area contributed by atoms with Crippen molar-refractivity contribution in [3.05, 3.63) is 81.5 Å². The third-order valence-electron chi connectivity index (χ3n) is 6.29. The van der Waals surface area contributed by atoms with Gasteiger partial charge in [0.1, 0.15) is 17.2 Å². The summed E-state index contributed by atoms with van der Waals surface area (Å²) >= 11 is 12.1. The molecule has 1 N–H and O–H groups in total. The number of carbonyl (C=O) groups is 1. The van der Waals surface area contributed by atoms with Gasteiger partial charge in [-0.2, -0.15) is 0 Å². The predicted molar refractivity (Wildman–Crippen MR) is 132 cm³/mol. The van der Waals surface area contributed by atoms with Crippen molar-refractivity contribution in [3.63, 3.8) is 0 Å². The van der Waals surface area contributed by atoms with Crippen LogP contribution in [0.15, 0.2) is 52.9 Å². The molecule has 0 unspecified atom stereocenters. The molecule has 0 bridgehead atoms. The van der Waals surface area contributed by atoms with Crippen molar-refractivity contribution >= 4 is 40.2 Å². The predicted octanol–water partition coefficient (Wildman–Crippen LogP) is 6.30. The van der Waals surface area contributed by atoms with Crippen LogP contribution in [-0.2, 0) is 6.54 Å². The third-order valence-corrected chi connectivity index (χ3v) is 6.78. The van der Waals surface area contributed by atoms with Gasteiger partial charge >= 0.3 is 6.03 Å². The van der Waals surface area contributed by atoms with E-state index < -0.39 is 0 Å². The van der Waals surface area contributed by atoms with E-state index in [9.17, 15) is 4.79 Å². The number of benzene rings is 2. The zero-order chi connectivity index (χ0) is 23.8. The maximum Gasteiger partial charge on any atom is 0.318 e. The van der Waals surface area contributed by atoms with Crippen LogP contribution in [0.5, 0.6) is 0 Å². The zero-order valence-corrected chi connectivity index (χ0v) is 20.5. The number of amides is 2. The summed E-state index contributed by atoms with van der Waals surface area (Å²) < 4.78 is 8.00. The molecule has 176 valence electrons. The molecule has 4 aromatic rings. The molecule has 1 fully saturated rings. The lowest BCUT2D eigenvalue weighted by atomic mass is 10.2. The van der Waals surface area contributed by atoms with Crippen molar-refractivity contribution in [1.29, 1.82) is 0 Å². The molecule has 5 rings (SSSR count). The first-order valence-electron chi connectivity index (χ1n) is 11.3. The standard InChI is InChI=1S/C25H25Cl2N5O2/c1-15(23-13-18-12-20(27)9-10-22(18)34-23)28-25(33)31-11-3-4-21(31)24-30-29-16(2)32(24)14-17-5-7-19(26)8-6-17/h5-10,12-13,15,21H,3-4,11,14H2,1-2H3,(H,28,33)/t15-,21+/m0/s1. The summed E-state index contributed by atoms with van der Waals surface area (Å²) in [5.41, 5.74) is 1.84. The first-order chi connectivity index (χ1) is 16.4. The summed E-state index contributed by atoms with van der Waals surface area (Å²) in [6, 6.07) is 14.5. The monoisotopic (exact) mass is 497 g/mol. The molecule has 0 saturated carbocycles. The Morgan fingerprint density at radius 3 is 2.71 bits per heavy atom. The Morgan fingerprint density at radius 2 is 1.91 bits per heavy atom. The van der Waals surface area contributed by atoms with E-state index in [2.05, 4.69) is 20.1 Å². The Hall–Kier alpha value is -3.03. The minimum absolute atomic E-state index is 0.143. The molecule has 7 nitrogen and oxygen atoms in total. The second-order valence-electron chi connectivity index (χ2n) is 8.67. The van der Waals surface area contributed by atoms with Crippen molar-refractivity contribution in [1.82, 2.24) is 25.0 Å². The Bertz CT molecular complexity index is 1330. The summed E-state index contributed by atoms with van der Waals surface area (Å²) in [6.45, 7) is 5.12. The number of carbonyl (C=O) groups excluding carboxylic acids is 1. The van der Waals surface area contributed by atoms with Crippen LogP contribution < -0.4 is 5.32 Å². The molecule has 3 heterocycles. The van der Waals surface area contributed by atoms with Gasteiger partial charge in [-0.25, -0.2) is 4.79 Å². The number of fused-ring (bicyclic) bond motifs is 1. The van der Waals surface area contributed by atoms with E-state index in [1.165, 1.54) is 0 Å². The van der Waals surface area contributed by atoms with E-state index in [1.54, 1.807) is 6.07 Å². The van der Waals surface area contributed by atoms with Gasteiger partial charge in [0.2, 0.25) is 0 Å². The third kappa shape index (κ3) is 4.50. The van der Waals surface area contributed by atoms with Gasteiger partial charge < -0.3 is 19.2 Å². The summed E-state index contributed by atoms with van der Waals surface area (Å²) in [4.78, 5) is 15.1. The summed E-state index contributed by atoms with van der Waals surface area (Å²) in [5, 5.41) is 14.1. The number of nitrogens with zero attached hydrogens (tertiary/aromatic N) is 4. The zero-order valence-electron chi connectivity index (χ0n) is 19.0. The quantitative estimate of drug-likeness (QED) is 0.351. The van der Waals surface area contributed by atoms with E-state index in [0.717, 1.165) is 41.0 Å². The molecule has 9 heteroatoms. The average molecular weight is 498 g/mol. The maximum absolute atomic E-state index is 13.3. The number of nitrogens with one attached hydrogen (secondary N) is 1. The SMILES string of the molecule is Cc1nnc([C@H]2CCCN2C(=O)N[C@@H](C)c2cc3cc(Cl)ccc3o2)n1Cc1ccc(Cl)cc1. The highest BCUT2D eigenvalue weighted by atomic mass is 35.5. The van der Waals surface area contributed by atoms with Gasteiger partial charge in [-0.15, -0.1) is 10.2 Å². The molecule has 2 atom stereocenters. The first kappa shape index (κ1) is 22.7. The second-order valence-corrected chi connectivity index (χ2v) is 9.54. The number of aromatic nitrogens is 3. The van der Waals surface area contributed by atoms with E-state index in [-0.39, 0.29) is 18.1 Å². The summed E-state index contributed by atoms with van der Waals surface area (Å²) in [6.07, 6.45) is 1.74. The van der Waals surface area contributed by atoms with Crippen LogP contribution in [0.3, 0.4) is 0 Å². The van der Waals surface area contributed by atoms with Crippen LogP contribution in [0, 0.1) is 6.92 Å². The van der Waals surface area contributed by atoms with Crippen molar-refractivity contribution in [2.75, 3.05) is 6.54 Å². The van der Waals surface area contributed by atoms with Gasteiger partial charge in [-0.3, -0.25) is 0 Å². The molecule has 2 aromatic heterocycles. The molecule has 2 aromatic carbocycles.